The lowest BCUT2D eigenvalue weighted by atomic mass is 10.1. The lowest BCUT2D eigenvalue weighted by molar-refractivity contribution is 0.0676. The highest BCUT2D eigenvalue weighted by Crippen LogP contribution is 2.22. The van der Waals surface area contributed by atoms with Gasteiger partial charge in [-0.1, -0.05) is 31.4 Å². The molecule has 1 unspecified atom stereocenters. The zero-order valence-electron chi connectivity index (χ0n) is 19.9. The van der Waals surface area contributed by atoms with Crippen molar-refractivity contribution in [3.05, 3.63) is 29.3 Å². The molecule has 1 aliphatic heterocycles. The predicted molar refractivity (Wildman–Crippen MR) is 141 cm³/mol. The first kappa shape index (κ1) is 28.0. The van der Waals surface area contributed by atoms with Crippen molar-refractivity contribution in [3.8, 4) is 5.75 Å². The van der Waals surface area contributed by atoms with Gasteiger partial charge in [-0.05, 0) is 64.9 Å². The molecule has 1 aromatic carbocycles. The molecule has 2 rings (SSSR count). The summed E-state index contributed by atoms with van der Waals surface area (Å²) in [5.74, 6) is 1.78. The number of nitrogens with one attached hydrogen (secondary N) is 2. The topological polar surface area (TPSA) is 58.1 Å². The van der Waals surface area contributed by atoms with E-state index in [1.54, 1.807) is 0 Å². The maximum atomic E-state index is 6.10. The summed E-state index contributed by atoms with van der Waals surface area (Å²) in [7, 11) is 6.09. The third-order valence-electron chi connectivity index (χ3n) is 5.42. The van der Waals surface area contributed by atoms with Crippen LogP contribution in [0.25, 0.3) is 0 Å². The SMILES string of the molecule is CN=C(NCCCCCCCN(C)C)NCc1ccc(C)cc1OCC1CCCO1.I. The molecule has 1 aliphatic rings. The quantitative estimate of drug-likeness (QED) is 0.167. The number of rotatable bonds is 13. The summed E-state index contributed by atoms with van der Waals surface area (Å²) in [6, 6.07) is 6.37. The normalized spacial score (nSPS) is 16.3. The number of ether oxygens (including phenoxy) is 2. The molecule has 1 heterocycles. The fraction of sp³-hybridized carbons (Fsp3) is 0.708. The Morgan fingerprint density at radius 3 is 2.65 bits per heavy atom. The van der Waals surface area contributed by atoms with Crippen LogP contribution < -0.4 is 15.4 Å². The van der Waals surface area contributed by atoms with Crippen LogP contribution in [-0.4, -0.2) is 64.4 Å². The van der Waals surface area contributed by atoms with Gasteiger partial charge < -0.3 is 25.0 Å². The second-order valence-electron chi connectivity index (χ2n) is 8.48. The van der Waals surface area contributed by atoms with Gasteiger partial charge in [0, 0.05) is 32.3 Å². The summed E-state index contributed by atoms with van der Waals surface area (Å²) in [4.78, 5) is 6.61. The predicted octanol–water partition coefficient (Wildman–Crippen LogP) is 4.35. The molecule has 0 aliphatic carbocycles. The average molecular weight is 547 g/mol. The first-order valence-electron chi connectivity index (χ1n) is 11.5. The van der Waals surface area contributed by atoms with Crippen molar-refractivity contribution in [1.82, 2.24) is 15.5 Å². The Hall–Kier alpha value is -1.06. The third kappa shape index (κ3) is 11.9. The van der Waals surface area contributed by atoms with Crippen molar-refractivity contribution in [3.63, 3.8) is 0 Å². The van der Waals surface area contributed by atoms with Gasteiger partial charge >= 0.3 is 0 Å². The molecule has 0 bridgehead atoms. The molecule has 31 heavy (non-hydrogen) atoms. The molecule has 6 nitrogen and oxygen atoms in total. The molecular formula is C24H43IN4O2. The Morgan fingerprint density at radius 1 is 1.16 bits per heavy atom. The molecule has 7 heteroatoms. The molecule has 1 atom stereocenters. The minimum atomic E-state index is 0. The number of aryl methyl sites for hydroxylation is 1. The second kappa shape index (κ2) is 16.6. The molecule has 0 spiro atoms. The highest BCUT2D eigenvalue weighted by Gasteiger charge is 2.17. The van der Waals surface area contributed by atoms with Gasteiger partial charge in [0.05, 0.1) is 6.10 Å². The summed E-state index contributed by atoms with van der Waals surface area (Å²) in [5, 5.41) is 6.85. The van der Waals surface area contributed by atoms with Crippen LogP contribution in [0.15, 0.2) is 23.2 Å². The Bertz CT molecular complexity index is 634. The second-order valence-corrected chi connectivity index (χ2v) is 8.48. The van der Waals surface area contributed by atoms with Gasteiger partial charge in [0.2, 0.25) is 0 Å². The fourth-order valence-electron chi connectivity index (χ4n) is 3.59. The van der Waals surface area contributed by atoms with Crippen molar-refractivity contribution in [1.29, 1.82) is 0 Å². The standard InChI is InChI=1S/C24H42N4O2.HI/c1-20-12-13-21(23(17-20)30-19-22-11-10-16-29-22)18-27-24(25-2)26-14-8-6-5-7-9-15-28(3)4;/h12-13,17,22H,5-11,14-16,18-19H2,1-4H3,(H2,25,26,27);1H. The summed E-state index contributed by atoms with van der Waals surface area (Å²) < 4.78 is 11.8. The van der Waals surface area contributed by atoms with E-state index in [-0.39, 0.29) is 30.1 Å². The third-order valence-corrected chi connectivity index (χ3v) is 5.42. The Balaban J connectivity index is 0.00000480. The van der Waals surface area contributed by atoms with Gasteiger partial charge in [-0.2, -0.15) is 0 Å². The van der Waals surface area contributed by atoms with Crippen LogP contribution in [0.2, 0.25) is 0 Å². The maximum absolute atomic E-state index is 6.10. The van der Waals surface area contributed by atoms with Gasteiger partial charge in [0.25, 0.3) is 0 Å². The molecule has 0 aromatic heterocycles. The number of unbranched alkanes of at least 4 members (excludes halogenated alkanes) is 4. The van der Waals surface area contributed by atoms with E-state index in [4.69, 9.17) is 9.47 Å². The van der Waals surface area contributed by atoms with Gasteiger partial charge in [0.15, 0.2) is 5.96 Å². The van der Waals surface area contributed by atoms with Crippen molar-refractivity contribution in [2.24, 2.45) is 4.99 Å². The Morgan fingerprint density at radius 2 is 1.94 bits per heavy atom. The van der Waals surface area contributed by atoms with Crippen LogP contribution in [0.4, 0.5) is 0 Å². The van der Waals surface area contributed by atoms with E-state index < -0.39 is 0 Å². The Labute approximate surface area is 206 Å². The van der Waals surface area contributed by atoms with Crippen LogP contribution >= 0.6 is 24.0 Å². The van der Waals surface area contributed by atoms with Crippen molar-refractivity contribution in [2.45, 2.75) is 64.5 Å². The summed E-state index contributed by atoms with van der Waals surface area (Å²) >= 11 is 0. The number of aliphatic imine (C=N–C) groups is 1. The average Bonchev–Trinajstić information content (AvgIpc) is 3.25. The highest BCUT2D eigenvalue weighted by atomic mass is 127. The molecule has 1 fully saturated rings. The van der Waals surface area contributed by atoms with Gasteiger partial charge in [-0.25, -0.2) is 0 Å². The Kier molecular flexibility index (Phi) is 14.9. The van der Waals surface area contributed by atoms with Crippen LogP contribution in [0, 0.1) is 6.92 Å². The number of hydrogen-bond acceptors (Lipinski definition) is 4. The van der Waals surface area contributed by atoms with Crippen LogP contribution in [0.3, 0.4) is 0 Å². The molecular weight excluding hydrogens is 503 g/mol. The first-order valence-corrected chi connectivity index (χ1v) is 11.5. The molecule has 2 N–H and O–H groups in total. The number of guanidine groups is 1. The molecule has 1 saturated heterocycles. The van der Waals surface area contributed by atoms with E-state index in [1.807, 2.05) is 7.05 Å². The monoisotopic (exact) mass is 546 g/mol. The molecule has 178 valence electrons. The first-order chi connectivity index (χ1) is 14.6. The maximum Gasteiger partial charge on any atom is 0.191 e. The van der Waals surface area contributed by atoms with Gasteiger partial charge in [-0.15, -0.1) is 24.0 Å². The van der Waals surface area contributed by atoms with Gasteiger partial charge in [-0.3, -0.25) is 4.99 Å². The number of benzene rings is 1. The largest absolute Gasteiger partial charge is 0.491 e. The summed E-state index contributed by atoms with van der Waals surface area (Å²) in [6.45, 7) is 6.39. The zero-order chi connectivity index (χ0) is 21.6. The van der Waals surface area contributed by atoms with Crippen LogP contribution in [0.1, 0.15) is 56.1 Å². The van der Waals surface area contributed by atoms with E-state index in [1.165, 1.54) is 44.2 Å². The van der Waals surface area contributed by atoms with Crippen molar-refractivity contribution >= 4 is 29.9 Å². The van der Waals surface area contributed by atoms with E-state index in [9.17, 15) is 0 Å². The van der Waals surface area contributed by atoms with Crippen LogP contribution in [0.5, 0.6) is 5.75 Å². The van der Waals surface area contributed by atoms with E-state index >= 15 is 0 Å². The van der Waals surface area contributed by atoms with E-state index in [0.29, 0.717) is 13.2 Å². The highest BCUT2D eigenvalue weighted by molar-refractivity contribution is 14.0. The fourth-order valence-corrected chi connectivity index (χ4v) is 3.59. The minimum Gasteiger partial charge on any atom is -0.491 e. The molecule has 0 saturated carbocycles. The molecule has 0 amide bonds. The smallest absolute Gasteiger partial charge is 0.191 e. The number of halogens is 1. The van der Waals surface area contributed by atoms with Crippen molar-refractivity contribution < 1.29 is 9.47 Å². The number of hydrogen-bond donors (Lipinski definition) is 2. The lowest BCUT2D eigenvalue weighted by Gasteiger charge is -2.17. The molecule has 0 radical (unpaired) electrons. The zero-order valence-corrected chi connectivity index (χ0v) is 22.2. The minimum absolute atomic E-state index is 0. The lowest BCUT2D eigenvalue weighted by Crippen LogP contribution is -2.37. The van der Waals surface area contributed by atoms with Crippen molar-refractivity contribution in [2.75, 3.05) is 47.4 Å². The molecule has 1 aromatic rings. The van der Waals surface area contributed by atoms with Gasteiger partial charge in [0.1, 0.15) is 12.4 Å². The van der Waals surface area contributed by atoms with E-state index in [2.05, 4.69) is 59.7 Å². The summed E-state index contributed by atoms with van der Waals surface area (Å²) in [6.07, 6.45) is 8.78. The van der Waals surface area contributed by atoms with E-state index in [0.717, 1.165) is 43.3 Å². The summed E-state index contributed by atoms with van der Waals surface area (Å²) in [5.41, 5.74) is 2.34. The van der Waals surface area contributed by atoms with Crippen LogP contribution in [-0.2, 0) is 11.3 Å². The number of nitrogens with zero attached hydrogens (tertiary/aromatic N) is 2.